The highest BCUT2D eigenvalue weighted by molar-refractivity contribution is 5.69. The predicted octanol–water partition coefficient (Wildman–Crippen LogP) is 1.01. The number of esters is 1. The average molecular weight is 228 g/mol. The molecule has 1 fully saturated rings. The van der Waals surface area contributed by atoms with Crippen molar-refractivity contribution in [3.8, 4) is 0 Å². The largest absolute Gasteiger partial charge is 0.469 e. The fourth-order valence-electron chi connectivity index (χ4n) is 2.22. The van der Waals surface area contributed by atoms with E-state index in [1.165, 1.54) is 7.11 Å². The van der Waals surface area contributed by atoms with E-state index < -0.39 is 0 Å². The van der Waals surface area contributed by atoms with Crippen LogP contribution in [0.15, 0.2) is 0 Å². The summed E-state index contributed by atoms with van der Waals surface area (Å²) in [6, 6.07) is 1.13. The number of ether oxygens (including phenoxy) is 1. The van der Waals surface area contributed by atoms with E-state index >= 15 is 0 Å². The van der Waals surface area contributed by atoms with Gasteiger partial charge in [-0.1, -0.05) is 13.8 Å². The van der Waals surface area contributed by atoms with Gasteiger partial charge in [0, 0.05) is 31.7 Å². The Morgan fingerprint density at radius 3 is 2.75 bits per heavy atom. The zero-order chi connectivity index (χ0) is 12.0. The first-order valence-corrected chi connectivity index (χ1v) is 6.25. The first-order valence-electron chi connectivity index (χ1n) is 6.25. The van der Waals surface area contributed by atoms with E-state index in [4.69, 9.17) is 0 Å². The molecule has 2 unspecified atom stereocenters. The molecule has 1 rings (SSSR count). The molecule has 1 heterocycles. The van der Waals surface area contributed by atoms with Crippen LogP contribution in [-0.4, -0.2) is 49.7 Å². The summed E-state index contributed by atoms with van der Waals surface area (Å²) < 4.78 is 4.68. The van der Waals surface area contributed by atoms with Gasteiger partial charge in [0.05, 0.1) is 13.5 Å². The molecular weight excluding hydrogens is 204 g/mol. The van der Waals surface area contributed by atoms with E-state index in [0.717, 1.165) is 32.5 Å². The van der Waals surface area contributed by atoms with Gasteiger partial charge < -0.3 is 10.1 Å². The molecule has 0 aromatic carbocycles. The Balaban J connectivity index is 2.42. The maximum absolute atomic E-state index is 11.1. The summed E-state index contributed by atoms with van der Waals surface area (Å²) in [5.41, 5.74) is 0. The molecule has 94 valence electrons. The number of carbonyl (C=O) groups is 1. The van der Waals surface area contributed by atoms with Crippen LogP contribution in [-0.2, 0) is 9.53 Å². The van der Waals surface area contributed by atoms with Gasteiger partial charge in [-0.05, 0) is 12.8 Å². The summed E-state index contributed by atoms with van der Waals surface area (Å²) in [5, 5.41) is 3.54. The Morgan fingerprint density at radius 1 is 1.44 bits per heavy atom. The van der Waals surface area contributed by atoms with Crippen LogP contribution in [0.4, 0.5) is 0 Å². The number of hydrogen-bond donors (Lipinski definition) is 1. The highest BCUT2D eigenvalue weighted by Crippen LogP contribution is 2.12. The van der Waals surface area contributed by atoms with Crippen molar-refractivity contribution in [1.29, 1.82) is 0 Å². The lowest BCUT2D eigenvalue weighted by Gasteiger charge is -2.39. The molecular formula is C12H24N2O2. The van der Waals surface area contributed by atoms with Crippen LogP contribution in [0.5, 0.6) is 0 Å². The van der Waals surface area contributed by atoms with Gasteiger partial charge >= 0.3 is 5.97 Å². The minimum atomic E-state index is -0.110. The van der Waals surface area contributed by atoms with Gasteiger partial charge in [-0.2, -0.15) is 0 Å². The van der Waals surface area contributed by atoms with Crippen LogP contribution in [0.3, 0.4) is 0 Å². The Hall–Kier alpha value is -0.610. The Bertz CT molecular complexity index is 221. The van der Waals surface area contributed by atoms with E-state index in [0.29, 0.717) is 18.5 Å². The van der Waals surface area contributed by atoms with Crippen molar-refractivity contribution >= 4 is 5.97 Å². The SMILES string of the molecule is CCC1CN(CCC(=O)OC)C(CC)CN1. The van der Waals surface area contributed by atoms with Gasteiger partial charge in [-0.25, -0.2) is 0 Å². The number of rotatable bonds is 5. The standard InChI is InChI=1S/C12H24N2O2/c1-4-10-9-14(7-6-12(15)16-3)11(5-2)8-13-10/h10-11,13H,4-9H2,1-3H3. The highest BCUT2D eigenvalue weighted by atomic mass is 16.5. The summed E-state index contributed by atoms with van der Waals surface area (Å²) in [7, 11) is 1.45. The first kappa shape index (κ1) is 13.5. The average Bonchev–Trinajstić information content (AvgIpc) is 2.35. The second-order valence-electron chi connectivity index (χ2n) is 4.40. The molecule has 0 radical (unpaired) electrons. The molecule has 4 heteroatoms. The van der Waals surface area contributed by atoms with E-state index in [-0.39, 0.29) is 5.97 Å². The van der Waals surface area contributed by atoms with Crippen molar-refractivity contribution in [3.63, 3.8) is 0 Å². The monoisotopic (exact) mass is 228 g/mol. The zero-order valence-electron chi connectivity index (χ0n) is 10.7. The van der Waals surface area contributed by atoms with Crippen molar-refractivity contribution in [2.75, 3.05) is 26.7 Å². The van der Waals surface area contributed by atoms with Gasteiger partial charge in [0.25, 0.3) is 0 Å². The van der Waals surface area contributed by atoms with Gasteiger partial charge in [-0.3, -0.25) is 9.69 Å². The second-order valence-corrected chi connectivity index (χ2v) is 4.40. The maximum atomic E-state index is 11.1. The molecule has 0 bridgehead atoms. The normalized spacial score (nSPS) is 26.7. The fourth-order valence-corrected chi connectivity index (χ4v) is 2.22. The third kappa shape index (κ3) is 3.76. The lowest BCUT2D eigenvalue weighted by molar-refractivity contribution is -0.141. The van der Waals surface area contributed by atoms with Gasteiger partial charge in [0.15, 0.2) is 0 Å². The maximum Gasteiger partial charge on any atom is 0.306 e. The summed E-state index contributed by atoms with van der Waals surface area (Å²) in [6.07, 6.45) is 2.78. The van der Waals surface area contributed by atoms with Crippen molar-refractivity contribution in [2.45, 2.75) is 45.2 Å². The predicted molar refractivity (Wildman–Crippen MR) is 64.4 cm³/mol. The number of piperazine rings is 1. The second kappa shape index (κ2) is 6.86. The van der Waals surface area contributed by atoms with Crippen molar-refractivity contribution in [3.05, 3.63) is 0 Å². The lowest BCUT2D eigenvalue weighted by Crippen LogP contribution is -2.56. The van der Waals surface area contributed by atoms with Crippen LogP contribution in [0.1, 0.15) is 33.1 Å². The van der Waals surface area contributed by atoms with Crippen LogP contribution >= 0.6 is 0 Å². The number of methoxy groups -OCH3 is 1. The molecule has 1 aliphatic heterocycles. The molecule has 16 heavy (non-hydrogen) atoms. The van der Waals surface area contributed by atoms with Crippen molar-refractivity contribution < 1.29 is 9.53 Å². The summed E-state index contributed by atoms with van der Waals surface area (Å²) >= 11 is 0. The van der Waals surface area contributed by atoms with Crippen molar-refractivity contribution in [2.24, 2.45) is 0 Å². The highest BCUT2D eigenvalue weighted by Gasteiger charge is 2.25. The zero-order valence-corrected chi connectivity index (χ0v) is 10.7. The van der Waals surface area contributed by atoms with E-state index in [2.05, 4.69) is 28.8 Å². The topological polar surface area (TPSA) is 41.6 Å². The quantitative estimate of drug-likeness (QED) is 0.713. The van der Waals surface area contributed by atoms with E-state index in [9.17, 15) is 4.79 Å². The minimum absolute atomic E-state index is 0.110. The molecule has 1 aliphatic rings. The first-order chi connectivity index (χ1) is 7.71. The molecule has 0 aromatic rings. The van der Waals surface area contributed by atoms with Gasteiger partial charge in [0.2, 0.25) is 0 Å². The van der Waals surface area contributed by atoms with Gasteiger partial charge in [-0.15, -0.1) is 0 Å². The summed E-state index contributed by atoms with van der Waals surface area (Å²) in [5.74, 6) is -0.110. The molecule has 0 saturated carbocycles. The number of carbonyl (C=O) groups excluding carboxylic acids is 1. The van der Waals surface area contributed by atoms with Crippen LogP contribution < -0.4 is 5.32 Å². The molecule has 2 atom stereocenters. The fraction of sp³-hybridized carbons (Fsp3) is 0.917. The Kier molecular flexibility index (Phi) is 5.77. The smallest absolute Gasteiger partial charge is 0.306 e. The molecule has 1 N–H and O–H groups in total. The molecule has 1 saturated heterocycles. The lowest BCUT2D eigenvalue weighted by atomic mass is 10.1. The van der Waals surface area contributed by atoms with Crippen LogP contribution in [0.2, 0.25) is 0 Å². The van der Waals surface area contributed by atoms with Crippen LogP contribution in [0, 0.1) is 0 Å². The Morgan fingerprint density at radius 2 is 2.19 bits per heavy atom. The van der Waals surface area contributed by atoms with E-state index in [1.807, 2.05) is 0 Å². The summed E-state index contributed by atoms with van der Waals surface area (Å²) in [6.45, 7) is 7.30. The Labute approximate surface area is 98.3 Å². The third-order valence-corrected chi connectivity index (χ3v) is 3.41. The summed E-state index contributed by atoms with van der Waals surface area (Å²) in [4.78, 5) is 13.6. The van der Waals surface area contributed by atoms with Crippen molar-refractivity contribution in [1.82, 2.24) is 10.2 Å². The molecule has 0 spiro atoms. The molecule has 0 aromatic heterocycles. The third-order valence-electron chi connectivity index (χ3n) is 3.41. The minimum Gasteiger partial charge on any atom is -0.469 e. The molecule has 0 aliphatic carbocycles. The van der Waals surface area contributed by atoms with Crippen LogP contribution in [0.25, 0.3) is 0 Å². The van der Waals surface area contributed by atoms with Gasteiger partial charge in [0.1, 0.15) is 0 Å². The number of hydrogen-bond acceptors (Lipinski definition) is 4. The number of nitrogens with one attached hydrogen (secondary N) is 1. The van der Waals surface area contributed by atoms with E-state index in [1.54, 1.807) is 0 Å². The molecule has 4 nitrogen and oxygen atoms in total. The number of nitrogens with zero attached hydrogens (tertiary/aromatic N) is 1. The molecule has 0 amide bonds.